The summed E-state index contributed by atoms with van der Waals surface area (Å²) in [5.74, 6) is 0.424. The lowest BCUT2D eigenvalue weighted by Gasteiger charge is -2.11. The van der Waals surface area contributed by atoms with Crippen LogP contribution in [0.5, 0.6) is 11.5 Å². The third-order valence-electron chi connectivity index (χ3n) is 4.38. The summed E-state index contributed by atoms with van der Waals surface area (Å²) < 4.78 is 21.7. The van der Waals surface area contributed by atoms with Gasteiger partial charge in [0.1, 0.15) is 18.1 Å². The highest BCUT2D eigenvalue weighted by Crippen LogP contribution is 2.19. The zero-order valence-corrected chi connectivity index (χ0v) is 16.8. The molecule has 0 bridgehead atoms. The molecule has 1 aliphatic rings. The first-order valence-electron chi connectivity index (χ1n) is 9.85. The fourth-order valence-corrected chi connectivity index (χ4v) is 2.83. The quantitative estimate of drug-likeness (QED) is 0.488. The first-order chi connectivity index (χ1) is 14.0. The molecule has 2 aromatic carbocycles. The minimum absolute atomic E-state index is 0.0348. The Balaban J connectivity index is 1.56. The highest BCUT2D eigenvalue weighted by atomic mass is 16.6. The average molecular weight is 398 g/mol. The first kappa shape index (κ1) is 20.9. The largest absolute Gasteiger partial charge is 0.493 e. The van der Waals surface area contributed by atoms with E-state index in [0.717, 1.165) is 12.8 Å². The Bertz CT molecular complexity index is 822. The van der Waals surface area contributed by atoms with Crippen LogP contribution >= 0.6 is 0 Å². The van der Waals surface area contributed by atoms with Gasteiger partial charge >= 0.3 is 11.9 Å². The van der Waals surface area contributed by atoms with Crippen molar-refractivity contribution >= 4 is 11.9 Å². The van der Waals surface area contributed by atoms with E-state index in [1.165, 1.54) is 6.07 Å². The van der Waals surface area contributed by atoms with Crippen LogP contribution in [0.1, 0.15) is 47.4 Å². The van der Waals surface area contributed by atoms with E-state index in [0.29, 0.717) is 36.0 Å². The first-order valence-corrected chi connectivity index (χ1v) is 9.85. The second-order valence-electron chi connectivity index (χ2n) is 7.38. The van der Waals surface area contributed by atoms with Gasteiger partial charge in [0.25, 0.3) is 0 Å². The fraction of sp³-hybridized carbons (Fsp3) is 0.391. The van der Waals surface area contributed by atoms with Crippen LogP contribution in [-0.2, 0) is 9.47 Å². The van der Waals surface area contributed by atoms with Crippen LogP contribution in [0.25, 0.3) is 0 Å². The van der Waals surface area contributed by atoms with E-state index in [4.69, 9.17) is 18.9 Å². The minimum atomic E-state index is -0.509. The van der Waals surface area contributed by atoms with Crippen LogP contribution in [0.3, 0.4) is 0 Å². The number of esters is 2. The molecule has 1 unspecified atom stereocenters. The molecule has 1 heterocycles. The fourth-order valence-electron chi connectivity index (χ4n) is 2.83. The summed E-state index contributed by atoms with van der Waals surface area (Å²) in [6, 6.07) is 13.2. The Kier molecular flexibility index (Phi) is 7.25. The van der Waals surface area contributed by atoms with Gasteiger partial charge in [-0.2, -0.15) is 0 Å². The molecular weight excluding hydrogens is 372 g/mol. The van der Waals surface area contributed by atoms with Crippen molar-refractivity contribution in [2.75, 3.05) is 19.8 Å². The van der Waals surface area contributed by atoms with Gasteiger partial charge in [0.2, 0.25) is 0 Å². The van der Waals surface area contributed by atoms with Gasteiger partial charge in [0.15, 0.2) is 0 Å². The molecule has 0 radical (unpaired) electrons. The predicted molar refractivity (Wildman–Crippen MR) is 107 cm³/mol. The van der Waals surface area contributed by atoms with E-state index in [2.05, 4.69) is 13.8 Å². The number of rotatable bonds is 8. The maximum Gasteiger partial charge on any atom is 0.343 e. The van der Waals surface area contributed by atoms with Crippen molar-refractivity contribution in [2.45, 2.75) is 32.8 Å². The van der Waals surface area contributed by atoms with Crippen molar-refractivity contribution in [3.8, 4) is 11.5 Å². The Morgan fingerprint density at radius 1 is 1.03 bits per heavy atom. The van der Waals surface area contributed by atoms with E-state index in [9.17, 15) is 9.59 Å². The normalized spacial score (nSPS) is 15.9. The number of ether oxygens (including phenoxy) is 4. The lowest BCUT2D eigenvalue weighted by atomic mass is 10.2. The van der Waals surface area contributed by atoms with Crippen molar-refractivity contribution < 1.29 is 28.5 Å². The van der Waals surface area contributed by atoms with Crippen molar-refractivity contribution in [1.29, 1.82) is 0 Å². The second kappa shape index (κ2) is 10.1. The summed E-state index contributed by atoms with van der Waals surface area (Å²) in [5, 5.41) is 0. The maximum absolute atomic E-state index is 12.4. The van der Waals surface area contributed by atoms with Crippen LogP contribution in [-0.4, -0.2) is 37.9 Å². The van der Waals surface area contributed by atoms with Gasteiger partial charge in [-0.25, -0.2) is 9.59 Å². The maximum atomic E-state index is 12.4. The third-order valence-corrected chi connectivity index (χ3v) is 4.38. The number of hydrogen-bond acceptors (Lipinski definition) is 6. The molecule has 6 heteroatoms. The van der Waals surface area contributed by atoms with Gasteiger partial charge in [0.05, 0.1) is 23.8 Å². The zero-order valence-electron chi connectivity index (χ0n) is 16.8. The Morgan fingerprint density at radius 3 is 2.52 bits per heavy atom. The molecule has 154 valence electrons. The third kappa shape index (κ3) is 6.32. The van der Waals surface area contributed by atoms with Crippen molar-refractivity contribution in [3.05, 3.63) is 59.7 Å². The highest BCUT2D eigenvalue weighted by molar-refractivity contribution is 5.92. The predicted octanol–water partition coefficient (Wildman–Crippen LogP) is 4.28. The molecule has 6 nitrogen and oxygen atoms in total. The zero-order chi connectivity index (χ0) is 20.6. The Morgan fingerprint density at radius 2 is 1.83 bits per heavy atom. The average Bonchev–Trinajstić information content (AvgIpc) is 3.24. The molecule has 0 saturated carbocycles. The number of carbonyl (C=O) groups excluding carboxylic acids is 2. The molecular formula is C23H26O6. The summed E-state index contributed by atoms with van der Waals surface area (Å²) >= 11 is 0. The van der Waals surface area contributed by atoms with Gasteiger partial charge in [0, 0.05) is 6.61 Å². The van der Waals surface area contributed by atoms with E-state index >= 15 is 0 Å². The molecule has 29 heavy (non-hydrogen) atoms. The van der Waals surface area contributed by atoms with Gasteiger partial charge in [-0.05, 0) is 61.2 Å². The topological polar surface area (TPSA) is 71.1 Å². The highest BCUT2D eigenvalue weighted by Gasteiger charge is 2.18. The molecule has 1 fully saturated rings. The summed E-state index contributed by atoms with van der Waals surface area (Å²) in [7, 11) is 0. The lowest BCUT2D eigenvalue weighted by Crippen LogP contribution is -2.18. The SMILES string of the molecule is CC(C)COc1ccc(C(=O)Oc2cccc(C(=O)OCC3CCCO3)c2)cc1. The molecule has 2 aromatic rings. The van der Waals surface area contributed by atoms with Crippen molar-refractivity contribution in [3.63, 3.8) is 0 Å². The van der Waals surface area contributed by atoms with Gasteiger partial charge in [-0.3, -0.25) is 0 Å². The number of hydrogen-bond donors (Lipinski definition) is 0. The molecule has 1 aliphatic heterocycles. The van der Waals surface area contributed by atoms with Crippen molar-refractivity contribution in [2.24, 2.45) is 5.92 Å². The Hall–Kier alpha value is -2.86. The molecule has 1 saturated heterocycles. The van der Waals surface area contributed by atoms with Crippen molar-refractivity contribution in [1.82, 2.24) is 0 Å². The molecule has 0 N–H and O–H groups in total. The van der Waals surface area contributed by atoms with E-state index in [1.807, 2.05) is 0 Å². The molecule has 0 amide bonds. The van der Waals surface area contributed by atoms with Crippen LogP contribution in [0.15, 0.2) is 48.5 Å². The number of carbonyl (C=O) groups is 2. The van der Waals surface area contributed by atoms with Gasteiger partial charge in [-0.15, -0.1) is 0 Å². The summed E-state index contributed by atoms with van der Waals surface area (Å²) in [6.07, 6.45) is 1.84. The standard InChI is InChI=1S/C23H26O6/c1-16(2)14-27-19-10-8-17(9-11-19)23(25)29-20-6-3-5-18(13-20)22(24)28-15-21-7-4-12-26-21/h3,5-6,8-11,13,16,21H,4,7,12,14-15H2,1-2H3. The summed E-state index contributed by atoms with van der Waals surface area (Å²) in [4.78, 5) is 24.6. The van der Waals surface area contributed by atoms with Gasteiger partial charge < -0.3 is 18.9 Å². The summed E-state index contributed by atoms with van der Waals surface area (Å²) in [5.41, 5.74) is 0.721. The van der Waals surface area contributed by atoms with E-state index in [-0.39, 0.29) is 18.5 Å². The molecule has 0 aliphatic carbocycles. The number of benzene rings is 2. The monoisotopic (exact) mass is 398 g/mol. The molecule has 0 spiro atoms. The molecule has 3 rings (SSSR count). The second-order valence-corrected chi connectivity index (χ2v) is 7.38. The van der Waals surface area contributed by atoms with Crippen LogP contribution in [0, 0.1) is 5.92 Å². The molecule has 1 atom stereocenters. The lowest BCUT2D eigenvalue weighted by molar-refractivity contribution is 0.0161. The van der Waals surface area contributed by atoms with Crippen LogP contribution in [0.2, 0.25) is 0 Å². The molecule has 0 aromatic heterocycles. The van der Waals surface area contributed by atoms with Crippen LogP contribution in [0.4, 0.5) is 0 Å². The minimum Gasteiger partial charge on any atom is -0.493 e. The van der Waals surface area contributed by atoms with Crippen LogP contribution < -0.4 is 9.47 Å². The van der Waals surface area contributed by atoms with E-state index in [1.54, 1.807) is 42.5 Å². The Labute approximate surface area is 170 Å². The summed E-state index contributed by atoms with van der Waals surface area (Å²) in [6.45, 7) is 5.68. The smallest absolute Gasteiger partial charge is 0.343 e. The van der Waals surface area contributed by atoms with Gasteiger partial charge in [-0.1, -0.05) is 19.9 Å². The van der Waals surface area contributed by atoms with E-state index < -0.39 is 11.9 Å².